The van der Waals surface area contributed by atoms with Crippen LogP contribution in [-0.4, -0.2) is 33.0 Å². The lowest BCUT2D eigenvalue weighted by Gasteiger charge is -2.24. The van der Waals surface area contributed by atoms with Crippen LogP contribution < -0.4 is 4.90 Å². The second kappa shape index (κ2) is 9.56. The van der Waals surface area contributed by atoms with Gasteiger partial charge in [-0.05, 0) is 29.3 Å². The lowest BCUT2D eigenvalue weighted by Crippen LogP contribution is -2.32. The van der Waals surface area contributed by atoms with Gasteiger partial charge in [-0.15, -0.1) is 0 Å². The van der Waals surface area contributed by atoms with E-state index in [4.69, 9.17) is 10.5 Å². The fourth-order valence-electron chi connectivity index (χ4n) is 4.21. The van der Waals surface area contributed by atoms with E-state index in [1.54, 1.807) is 23.2 Å². The number of nitrogens with zero attached hydrogens (tertiary/aromatic N) is 3. The van der Waals surface area contributed by atoms with Crippen molar-refractivity contribution in [3.05, 3.63) is 101 Å². The summed E-state index contributed by atoms with van der Waals surface area (Å²) in [6.07, 6.45) is 0.705. The summed E-state index contributed by atoms with van der Waals surface area (Å²) in [7, 11) is 0. The molecule has 6 nitrogen and oxygen atoms in total. The van der Waals surface area contributed by atoms with Crippen molar-refractivity contribution in [2.75, 3.05) is 4.90 Å². The predicted octanol–water partition coefficient (Wildman–Crippen LogP) is 5.60. The SMILES string of the molecule is N=C(S[C@@H]1CC(=O)N(c2cccc(Br)c2)C1=O)N1N=C(c2ccccc2)C[C@@H]1c1ccccc1. The molecule has 2 aliphatic heterocycles. The van der Waals surface area contributed by atoms with Gasteiger partial charge in [0.1, 0.15) is 5.25 Å². The maximum Gasteiger partial charge on any atom is 0.247 e. The number of hydrogen-bond acceptors (Lipinski definition) is 5. The lowest BCUT2D eigenvalue weighted by atomic mass is 9.99. The van der Waals surface area contributed by atoms with Gasteiger partial charge >= 0.3 is 0 Å². The summed E-state index contributed by atoms with van der Waals surface area (Å²) < 4.78 is 0.792. The van der Waals surface area contributed by atoms with Gasteiger partial charge < -0.3 is 0 Å². The molecule has 0 spiro atoms. The minimum absolute atomic E-state index is 0.0531. The Labute approximate surface area is 210 Å². The molecule has 3 aromatic carbocycles. The summed E-state index contributed by atoms with van der Waals surface area (Å²) in [6.45, 7) is 0. The maximum atomic E-state index is 13.1. The van der Waals surface area contributed by atoms with Crippen LogP contribution >= 0.6 is 27.7 Å². The smallest absolute Gasteiger partial charge is 0.247 e. The summed E-state index contributed by atoms with van der Waals surface area (Å²) in [5.74, 6) is -0.566. The average molecular weight is 533 g/mol. The number of carbonyl (C=O) groups is 2. The first-order chi connectivity index (χ1) is 16.5. The van der Waals surface area contributed by atoms with Crippen molar-refractivity contribution in [3.8, 4) is 0 Å². The van der Waals surface area contributed by atoms with Crippen LogP contribution in [0.1, 0.15) is 30.0 Å². The van der Waals surface area contributed by atoms with E-state index < -0.39 is 5.25 Å². The summed E-state index contributed by atoms with van der Waals surface area (Å²) in [5.41, 5.74) is 3.49. The number of halogens is 1. The Balaban J connectivity index is 1.39. The maximum absolute atomic E-state index is 13.1. The molecule has 5 rings (SSSR count). The molecule has 34 heavy (non-hydrogen) atoms. The molecule has 0 aliphatic carbocycles. The number of hydrogen-bond donors (Lipinski definition) is 1. The number of anilines is 1. The highest BCUT2D eigenvalue weighted by atomic mass is 79.9. The van der Waals surface area contributed by atoms with Crippen molar-refractivity contribution >= 4 is 56.1 Å². The number of amides is 2. The molecule has 1 N–H and O–H groups in total. The van der Waals surface area contributed by atoms with Gasteiger partial charge in [0.2, 0.25) is 11.8 Å². The molecule has 3 aromatic rings. The summed E-state index contributed by atoms with van der Waals surface area (Å²) in [6, 6.07) is 26.8. The fourth-order valence-corrected chi connectivity index (χ4v) is 5.57. The number of nitrogens with one attached hydrogen (secondary N) is 1. The fraction of sp³-hybridized carbons (Fsp3) is 0.154. The van der Waals surface area contributed by atoms with Gasteiger partial charge in [-0.25, -0.2) is 9.91 Å². The van der Waals surface area contributed by atoms with Crippen LogP contribution in [0.4, 0.5) is 5.69 Å². The molecule has 2 heterocycles. The zero-order valence-electron chi connectivity index (χ0n) is 18.1. The molecular weight excluding hydrogens is 512 g/mol. The molecule has 2 aliphatic rings. The quantitative estimate of drug-likeness (QED) is 0.269. The highest BCUT2D eigenvalue weighted by Crippen LogP contribution is 2.38. The average Bonchev–Trinajstić information content (AvgIpc) is 3.41. The van der Waals surface area contributed by atoms with Crippen LogP contribution in [0.3, 0.4) is 0 Å². The Bertz CT molecular complexity index is 1280. The van der Waals surface area contributed by atoms with Crippen molar-refractivity contribution in [1.82, 2.24) is 5.01 Å². The van der Waals surface area contributed by atoms with Gasteiger partial charge in [0.25, 0.3) is 0 Å². The molecule has 0 radical (unpaired) electrons. The highest BCUT2D eigenvalue weighted by molar-refractivity contribution is 9.10. The predicted molar refractivity (Wildman–Crippen MR) is 139 cm³/mol. The molecular formula is C26H21BrN4O2S. The first-order valence-corrected chi connectivity index (χ1v) is 12.5. The van der Waals surface area contributed by atoms with Gasteiger partial charge in [-0.3, -0.25) is 15.0 Å². The standard InChI is InChI=1S/C26H21BrN4O2S/c27-19-12-7-13-20(14-19)30-24(32)16-23(25(30)33)34-26(28)31-22(18-10-5-2-6-11-18)15-21(29-31)17-8-3-1-4-9-17/h1-14,22-23,28H,15-16H2/t22-,23-/m1/s1. The van der Waals surface area contributed by atoms with E-state index in [1.165, 1.54) is 4.90 Å². The van der Waals surface area contributed by atoms with Crippen LogP contribution in [0, 0.1) is 5.41 Å². The molecule has 170 valence electrons. The Kier molecular flexibility index (Phi) is 6.34. The van der Waals surface area contributed by atoms with E-state index in [9.17, 15) is 9.59 Å². The Morgan fingerprint density at radius 3 is 2.35 bits per heavy atom. The summed E-state index contributed by atoms with van der Waals surface area (Å²) in [4.78, 5) is 27.0. The number of carbonyl (C=O) groups excluding carboxylic acids is 2. The number of amidine groups is 1. The van der Waals surface area contributed by atoms with Crippen LogP contribution in [0.25, 0.3) is 0 Å². The molecule has 2 atom stereocenters. The number of thioether (sulfide) groups is 1. The van der Waals surface area contributed by atoms with Crippen LogP contribution in [-0.2, 0) is 9.59 Å². The van der Waals surface area contributed by atoms with E-state index in [-0.39, 0.29) is 29.4 Å². The molecule has 0 bridgehead atoms. The number of imide groups is 1. The topological polar surface area (TPSA) is 76.8 Å². The normalized spacial score (nSPS) is 20.1. The van der Waals surface area contributed by atoms with Crippen LogP contribution in [0.15, 0.2) is 94.5 Å². The third-order valence-corrected chi connectivity index (χ3v) is 7.39. The van der Waals surface area contributed by atoms with E-state index >= 15 is 0 Å². The molecule has 0 unspecified atom stereocenters. The first-order valence-electron chi connectivity index (χ1n) is 10.9. The second-order valence-corrected chi connectivity index (χ2v) is 10.2. The van der Waals surface area contributed by atoms with E-state index in [1.807, 2.05) is 66.7 Å². The van der Waals surface area contributed by atoms with E-state index in [0.29, 0.717) is 12.1 Å². The van der Waals surface area contributed by atoms with E-state index in [0.717, 1.165) is 33.1 Å². The Morgan fingerprint density at radius 1 is 0.941 bits per heavy atom. The lowest BCUT2D eigenvalue weighted by molar-refractivity contribution is -0.121. The van der Waals surface area contributed by atoms with Gasteiger partial charge in [0, 0.05) is 17.3 Å². The Hall–Kier alpha value is -3.23. The summed E-state index contributed by atoms with van der Waals surface area (Å²) >= 11 is 4.49. The van der Waals surface area contributed by atoms with E-state index in [2.05, 4.69) is 15.9 Å². The number of benzene rings is 3. The largest absolute Gasteiger partial charge is 0.277 e. The number of hydrazone groups is 1. The van der Waals surface area contributed by atoms with Gasteiger partial charge in [-0.1, -0.05) is 94.4 Å². The van der Waals surface area contributed by atoms with Gasteiger partial charge in [-0.2, -0.15) is 5.10 Å². The molecule has 1 fully saturated rings. The van der Waals surface area contributed by atoms with Crippen molar-refractivity contribution in [2.24, 2.45) is 5.10 Å². The molecule has 0 aromatic heterocycles. The van der Waals surface area contributed by atoms with Gasteiger partial charge in [0.15, 0.2) is 5.17 Å². The monoisotopic (exact) mass is 532 g/mol. The zero-order chi connectivity index (χ0) is 23.7. The number of rotatable bonds is 4. The van der Waals surface area contributed by atoms with Crippen molar-refractivity contribution < 1.29 is 9.59 Å². The third-order valence-electron chi connectivity index (χ3n) is 5.84. The minimum atomic E-state index is -0.661. The zero-order valence-corrected chi connectivity index (χ0v) is 20.5. The van der Waals surface area contributed by atoms with Crippen molar-refractivity contribution in [2.45, 2.75) is 24.1 Å². The third kappa shape index (κ3) is 4.43. The molecule has 0 saturated carbocycles. The van der Waals surface area contributed by atoms with Crippen LogP contribution in [0.5, 0.6) is 0 Å². The molecule has 2 amide bonds. The second-order valence-electron chi connectivity index (χ2n) is 8.05. The van der Waals surface area contributed by atoms with Crippen molar-refractivity contribution in [1.29, 1.82) is 5.41 Å². The van der Waals surface area contributed by atoms with Crippen molar-refractivity contribution in [3.63, 3.8) is 0 Å². The minimum Gasteiger partial charge on any atom is -0.277 e. The van der Waals surface area contributed by atoms with Crippen LogP contribution in [0.2, 0.25) is 0 Å². The Morgan fingerprint density at radius 2 is 1.65 bits per heavy atom. The van der Waals surface area contributed by atoms with Gasteiger partial charge in [0.05, 0.1) is 17.4 Å². The summed E-state index contributed by atoms with van der Waals surface area (Å²) in [5, 5.41) is 14.8. The molecule has 8 heteroatoms. The first kappa shape index (κ1) is 22.6. The highest BCUT2D eigenvalue weighted by Gasteiger charge is 2.42. The molecule has 1 saturated heterocycles.